The fourth-order valence-electron chi connectivity index (χ4n) is 7.49. The maximum atomic E-state index is 12.0. The summed E-state index contributed by atoms with van der Waals surface area (Å²) in [5, 5.41) is 12.0. The van der Waals surface area contributed by atoms with Crippen molar-refractivity contribution >= 4 is 68.8 Å². The summed E-state index contributed by atoms with van der Waals surface area (Å²) >= 11 is 0. The van der Waals surface area contributed by atoms with E-state index in [1.807, 2.05) is 24.3 Å². The highest BCUT2D eigenvalue weighted by Crippen LogP contribution is 2.37. The number of aromatic amines is 2. The Bertz CT molecular complexity index is 2650. The number of nitro groups is 1. The quantitative estimate of drug-likeness (QED) is 0.136. The van der Waals surface area contributed by atoms with Crippen LogP contribution in [-0.4, -0.2) is 80.3 Å². The van der Waals surface area contributed by atoms with E-state index in [9.17, 15) is 10.1 Å². The molecule has 0 atom stereocenters. The van der Waals surface area contributed by atoms with Crippen molar-refractivity contribution in [3.05, 3.63) is 153 Å². The molecule has 2 N–H and O–H groups in total. The van der Waals surface area contributed by atoms with Gasteiger partial charge in [0.2, 0.25) is 0 Å². The zero-order valence-corrected chi connectivity index (χ0v) is 30.2. The molecule has 8 heterocycles. The molecule has 0 amide bonds. The molecule has 0 fully saturated rings. The van der Waals surface area contributed by atoms with Crippen LogP contribution in [0.2, 0.25) is 0 Å². The number of H-pyrrole nitrogens is 2. The van der Waals surface area contributed by atoms with E-state index in [0.717, 1.165) is 97.8 Å². The zero-order valence-electron chi connectivity index (χ0n) is 30.2. The van der Waals surface area contributed by atoms with Gasteiger partial charge in [-0.15, -0.1) is 0 Å². The fourth-order valence-corrected chi connectivity index (χ4v) is 7.49. The van der Waals surface area contributed by atoms with Gasteiger partial charge in [-0.3, -0.25) is 10.1 Å². The second-order valence-electron chi connectivity index (χ2n) is 14.1. The highest BCUT2D eigenvalue weighted by molar-refractivity contribution is 5.99. The topological polar surface area (TPSA) is 110 Å². The highest BCUT2D eigenvalue weighted by Gasteiger charge is 2.21. The van der Waals surface area contributed by atoms with Crippen LogP contribution in [-0.2, 0) is 0 Å². The normalized spacial score (nSPS) is 16.2. The Morgan fingerprint density at radius 2 is 0.944 bits per heavy atom. The molecule has 3 aromatic heterocycles. The Morgan fingerprint density at radius 1 is 0.556 bits per heavy atom. The molecule has 0 spiro atoms. The summed E-state index contributed by atoms with van der Waals surface area (Å²) in [7, 11) is 6.18. The minimum atomic E-state index is -0.358. The van der Waals surface area contributed by atoms with E-state index in [-0.39, 0.29) is 10.6 Å². The van der Waals surface area contributed by atoms with Crippen molar-refractivity contribution in [2.24, 2.45) is 0 Å². The fraction of sp³-hybridized carbons (Fsp3) is 0.136. The predicted octanol–water partition coefficient (Wildman–Crippen LogP) is 8.76. The lowest BCUT2D eigenvalue weighted by molar-refractivity contribution is -0.384. The van der Waals surface area contributed by atoms with Gasteiger partial charge in [0.1, 0.15) is 0 Å². The summed E-state index contributed by atoms with van der Waals surface area (Å²) in [6.45, 7) is 2.31. The lowest BCUT2D eigenvalue weighted by Gasteiger charge is -2.18. The molecule has 5 aliphatic rings. The summed E-state index contributed by atoms with van der Waals surface area (Å²) in [5.41, 5.74) is 14.4. The first-order chi connectivity index (χ1) is 26.3. The predicted molar refractivity (Wildman–Crippen MR) is 220 cm³/mol. The molecule has 266 valence electrons. The molecule has 8 bridgehead atoms. The molecule has 0 saturated carbocycles. The minimum absolute atomic E-state index is 0.0162. The number of hydrogen-bond acceptors (Lipinski definition) is 7. The first-order valence-electron chi connectivity index (χ1n) is 18.0. The van der Waals surface area contributed by atoms with Gasteiger partial charge in [-0.05, 0) is 108 Å². The van der Waals surface area contributed by atoms with Gasteiger partial charge in [0, 0.05) is 97.2 Å². The summed E-state index contributed by atoms with van der Waals surface area (Å²) in [5.74, 6) is 0. The number of likely N-dealkylation sites (N-methyl/N-ethyl adjacent to an activating group) is 3. The molecule has 54 heavy (non-hydrogen) atoms. The SMILES string of the molecule is CN1C=CC(c2c3nc(c(C4=CCN(C)C=C4)c4ccc([nH]4)c(-c4cccc([N+](=O)[O-])c4)c4nc(c(C5=CCN(C)C=C5)c5ccc2[nH]5)C=C4)C=C3)=CC1. The van der Waals surface area contributed by atoms with Crippen molar-refractivity contribution in [1.82, 2.24) is 34.6 Å². The van der Waals surface area contributed by atoms with Crippen LogP contribution < -0.4 is 0 Å². The van der Waals surface area contributed by atoms with Gasteiger partial charge in [-0.1, -0.05) is 30.4 Å². The van der Waals surface area contributed by atoms with Gasteiger partial charge in [0.25, 0.3) is 5.69 Å². The van der Waals surface area contributed by atoms with Crippen molar-refractivity contribution in [1.29, 1.82) is 0 Å². The van der Waals surface area contributed by atoms with Crippen molar-refractivity contribution in [2.75, 3.05) is 40.8 Å². The van der Waals surface area contributed by atoms with E-state index in [1.54, 1.807) is 12.1 Å². The van der Waals surface area contributed by atoms with Crippen LogP contribution in [0.25, 0.3) is 74.2 Å². The molecule has 0 saturated heterocycles. The smallest absolute Gasteiger partial charge is 0.270 e. The van der Waals surface area contributed by atoms with Crippen LogP contribution in [0.15, 0.2) is 104 Å². The molecule has 5 aliphatic heterocycles. The lowest BCUT2D eigenvalue weighted by atomic mass is 10.0. The van der Waals surface area contributed by atoms with Gasteiger partial charge in [0.15, 0.2) is 0 Å². The second kappa shape index (κ2) is 13.2. The first kappa shape index (κ1) is 32.9. The third-order valence-corrected chi connectivity index (χ3v) is 10.3. The number of hydrogen-bond donors (Lipinski definition) is 2. The third kappa shape index (κ3) is 5.97. The number of nitrogens with one attached hydrogen (secondary N) is 2. The summed E-state index contributed by atoms with van der Waals surface area (Å²) < 4.78 is 0. The van der Waals surface area contributed by atoms with Crippen LogP contribution in [0.4, 0.5) is 5.69 Å². The molecule has 0 radical (unpaired) electrons. The molecule has 0 unspecified atom stereocenters. The van der Waals surface area contributed by atoms with Gasteiger partial charge in [0.05, 0.1) is 27.7 Å². The minimum Gasteiger partial charge on any atom is -0.377 e. The average molecular weight is 711 g/mol. The molecule has 1 aromatic carbocycles. The number of fused-ring (bicyclic) bond motifs is 8. The van der Waals surface area contributed by atoms with Crippen LogP contribution in [0.1, 0.15) is 39.5 Å². The number of benzene rings is 1. The molecule has 0 aliphatic carbocycles. The molecular weight excluding hydrogens is 673 g/mol. The van der Waals surface area contributed by atoms with E-state index in [4.69, 9.17) is 9.97 Å². The van der Waals surface area contributed by atoms with Crippen molar-refractivity contribution in [3.63, 3.8) is 0 Å². The van der Waals surface area contributed by atoms with Crippen LogP contribution in [0.5, 0.6) is 0 Å². The standard InChI is InChI=1S/C44H38N8O2/c1-49-21-15-28(16-22-49)41-33-7-9-35(45-33)42(29-17-23-50(2)24-18-29)37-11-13-39(47-37)44(31-5-4-6-32(27-31)52(53)54)40-14-12-38(48-40)43(36-10-8-34(41)46-36)30-19-25-51(3)26-20-30/h4-21,23,25,27,45,48H,22,24,26H2,1-3H3. The number of nitrogens with zero attached hydrogens (tertiary/aromatic N) is 6. The van der Waals surface area contributed by atoms with Gasteiger partial charge < -0.3 is 24.7 Å². The maximum absolute atomic E-state index is 12.0. The lowest BCUT2D eigenvalue weighted by Crippen LogP contribution is -2.13. The summed E-state index contributed by atoms with van der Waals surface area (Å²) in [4.78, 5) is 36.2. The number of non-ortho nitro benzene ring substituents is 1. The number of aromatic nitrogens is 4. The highest BCUT2D eigenvalue weighted by atomic mass is 16.6. The Hall–Kier alpha value is -6.94. The third-order valence-electron chi connectivity index (χ3n) is 10.3. The largest absolute Gasteiger partial charge is 0.377 e. The van der Waals surface area contributed by atoms with Crippen molar-refractivity contribution < 1.29 is 4.92 Å². The van der Waals surface area contributed by atoms with Gasteiger partial charge in [-0.2, -0.15) is 0 Å². The number of rotatable bonds is 5. The Kier molecular flexibility index (Phi) is 8.07. The summed E-state index contributed by atoms with van der Waals surface area (Å²) in [6.07, 6.45) is 27.6. The second-order valence-corrected chi connectivity index (χ2v) is 14.1. The van der Waals surface area contributed by atoms with Crippen molar-refractivity contribution in [2.45, 2.75) is 0 Å². The van der Waals surface area contributed by atoms with E-state index < -0.39 is 0 Å². The zero-order chi connectivity index (χ0) is 36.9. The monoisotopic (exact) mass is 710 g/mol. The number of nitro benzene ring substituents is 1. The molecule has 10 heteroatoms. The van der Waals surface area contributed by atoms with Crippen LogP contribution in [0, 0.1) is 10.1 Å². The molecule has 9 rings (SSSR count). The molecule has 4 aromatic rings. The van der Waals surface area contributed by atoms with E-state index in [0.29, 0.717) is 11.3 Å². The van der Waals surface area contributed by atoms with E-state index in [2.05, 4.69) is 131 Å². The summed E-state index contributed by atoms with van der Waals surface area (Å²) in [6, 6.07) is 15.1. The Morgan fingerprint density at radius 3 is 1.31 bits per heavy atom. The first-order valence-corrected chi connectivity index (χ1v) is 18.0. The van der Waals surface area contributed by atoms with Gasteiger partial charge in [-0.25, -0.2) is 9.97 Å². The van der Waals surface area contributed by atoms with Crippen molar-refractivity contribution in [3.8, 4) is 11.1 Å². The molecular formula is C44H38N8O2. The van der Waals surface area contributed by atoms with Crippen LogP contribution >= 0.6 is 0 Å². The van der Waals surface area contributed by atoms with Crippen LogP contribution in [0.3, 0.4) is 0 Å². The van der Waals surface area contributed by atoms with E-state index in [1.165, 1.54) is 6.07 Å². The number of allylic oxidation sites excluding steroid dienone is 6. The Labute approximate surface area is 312 Å². The average Bonchev–Trinajstić information content (AvgIpc) is 4.02. The maximum Gasteiger partial charge on any atom is 0.270 e. The van der Waals surface area contributed by atoms with Gasteiger partial charge >= 0.3 is 0 Å². The molecule has 10 nitrogen and oxygen atoms in total. The Balaban J connectivity index is 1.43. The van der Waals surface area contributed by atoms with E-state index >= 15 is 0 Å².